The minimum Gasteiger partial charge on any atom is -0.481 e. The summed E-state index contributed by atoms with van der Waals surface area (Å²) in [5, 5.41) is 18.0. The van der Waals surface area contributed by atoms with E-state index in [9.17, 15) is 9.59 Å². The van der Waals surface area contributed by atoms with Gasteiger partial charge in [-0.15, -0.1) is 0 Å². The van der Waals surface area contributed by atoms with Crippen LogP contribution in [0.5, 0.6) is 0 Å². The van der Waals surface area contributed by atoms with Crippen LogP contribution in [0.4, 0.5) is 0 Å². The molecule has 2 fully saturated rings. The molecule has 0 aromatic carbocycles. The molecular formula is C12H19NO4. The molecule has 0 aromatic rings. The maximum atomic E-state index is 12.3. The third-order valence-electron chi connectivity index (χ3n) is 3.76. The van der Waals surface area contributed by atoms with E-state index in [1.807, 2.05) is 0 Å². The van der Waals surface area contributed by atoms with E-state index in [0.29, 0.717) is 19.4 Å². The van der Waals surface area contributed by atoms with Crippen molar-refractivity contribution in [3.8, 4) is 0 Å². The summed E-state index contributed by atoms with van der Waals surface area (Å²) in [5.41, 5.74) is 0. The number of aliphatic hydroxyl groups is 1. The molecule has 0 radical (unpaired) electrons. The zero-order chi connectivity index (χ0) is 12.4. The normalized spacial score (nSPS) is 28.1. The monoisotopic (exact) mass is 241 g/mol. The number of carboxylic acids is 1. The van der Waals surface area contributed by atoms with Gasteiger partial charge in [0, 0.05) is 12.6 Å². The molecule has 1 amide bonds. The Morgan fingerprint density at radius 2 is 1.76 bits per heavy atom. The molecule has 0 spiro atoms. The lowest BCUT2D eigenvalue weighted by Gasteiger charge is -2.26. The summed E-state index contributed by atoms with van der Waals surface area (Å²) in [7, 11) is 0. The maximum absolute atomic E-state index is 12.3. The van der Waals surface area contributed by atoms with E-state index in [1.54, 1.807) is 4.90 Å². The molecule has 0 aromatic heterocycles. The minimum absolute atomic E-state index is 0.0489. The van der Waals surface area contributed by atoms with Crippen molar-refractivity contribution in [2.75, 3.05) is 13.2 Å². The van der Waals surface area contributed by atoms with Crippen molar-refractivity contribution in [1.29, 1.82) is 0 Å². The van der Waals surface area contributed by atoms with Gasteiger partial charge in [0.15, 0.2) is 0 Å². The quantitative estimate of drug-likeness (QED) is 0.733. The fourth-order valence-electron chi connectivity index (χ4n) is 2.73. The Hall–Kier alpha value is -1.10. The Bertz CT molecular complexity index is 314. The summed E-state index contributed by atoms with van der Waals surface area (Å²) < 4.78 is 0. The van der Waals surface area contributed by atoms with Gasteiger partial charge in [-0.2, -0.15) is 0 Å². The molecule has 0 saturated heterocycles. The third-order valence-corrected chi connectivity index (χ3v) is 3.76. The van der Waals surface area contributed by atoms with Crippen LogP contribution >= 0.6 is 0 Å². The first-order chi connectivity index (χ1) is 8.15. The summed E-state index contributed by atoms with van der Waals surface area (Å²) in [5.74, 6) is -1.82. The topological polar surface area (TPSA) is 77.8 Å². The Morgan fingerprint density at radius 3 is 2.29 bits per heavy atom. The zero-order valence-electron chi connectivity index (χ0n) is 9.84. The number of hydrogen-bond acceptors (Lipinski definition) is 3. The highest BCUT2D eigenvalue weighted by Crippen LogP contribution is 2.36. The van der Waals surface area contributed by atoms with E-state index < -0.39 is 11.9 Å². The predicted molar refractivity (Wildman–Crippen MR) is 60.3 cm³/mol. The number of aliphatic carboxylic acids is 1. The SMILES string of the molecule is O=C(O)[C@H]1CCC[C@H]1C(=O)N(CCO)C1CC1. The molecule has 17 heavy (non-hydrogen) atoms. The molecule has 0 aliphatic heterocycles. The lowest BCUT2D eigenvalue weighted by atomic mass is 9.94. The van der Waals surface area contributed by atoms with Crippen molar-refractivity contribution in [2.45, 2.75) is 38.1 Å². The van der Waals surface area contributed by atoms with Gasteiger partial charge in [-0.1, -0.05) is 6.42 Å². The lowest BCUT2D eigenvalue weighted by Crippen LogP contribution is -2.42. The summed E-state index contributed by atoms with van der Waals surface area (Å²) in [6, 6.07) is 0.240. The van der Waals surface area contributed by atoms with Gasteiger partial charge in [0.2, 0.25) is 5.91 Å². The number of carboxylic acid groups (broad SMARTS) is 1. The maximum Gasteiger partial charge on any atom is 0.307 e. The van der Waals surface area contributed by atoms with Gasteiger partial charge in [-0.3, -0.25) is 9.59 Å². The molecule has 2 aliphatic carbocycles. The van der Waals surface area contributed by atoms with E-state index in [4.69, 9.17) is 10.2 Å². The summed E-state index contributed by atoms with van der Waals surface area (Å²) in [4.78, 5) is 25.0. The van der Waals surface area contributed by atoms with E-state index >= 15 is 0 Å². The number of amides is 1. The number of carbonyl (C=O) groups excluding carboxylic acids is 1. The summed E-state index contributed by atoms with van der Waals surface area (Å²) in [6.45, 7) is 0.291. The number of hydrogen-bond donors (Lipinski definition) is 2. The van der Waals surface area contributed by atoms with Gasteiger partial charge in [-0.25, -0.2) is 0 Å². The van der Waals surface area contributed by atoms with Gasteiger partial charge >= 0.3 is 5.97 Å². The zero-order valence-corrected chi connectivity index (χ0v) is 9.84. The van der Waals surface area contributed by atoms with Gasteiger partial charge < -0.3 is 15.1 Å². The molecule has 0 bridgehead atoms. The fourth-order valence-corrected chi connectivity index (χ4v) is 2.73. The van der Waals surface area contributed by atoms with Crippen LogP contribution in [0.3, 0.4) is 0 Å². The van der Waals surface area contributed by atoms with Gasteiger partial charge in [0.05, 0.1) is 18.4 Å². The second kappa shape index (κ2) is 5.04. The Morgan fingerprint density at radius 1 is 1.12 bits per heavy atom. The second-order valence-corrected chi connectivity index (χ2v) is 4.97. The van der Waals surface area contributed by atoms with Crippen LogP contribution < -0.4 is 0 Å². The van der Waals surface area contributed by atoms with Gasteiger partial charge in [0.25, 0.3) is 0 Å². The Kier molecular flexibility index (Phi) is 3.66. The van der Waals surface area contributed by atoms with Crippen molar-refractivity contribution >= 4 is 11.9 Å². The summed E-state index contributed by atoms with van der Waals surface area (Å²) in [6.07, 6.45) is 4.05. The van der Waals surface area contributed by atoms with E-state index in [1.165, 1.54) is 0 Å². The second-order valence-electron chi connectivity index (χ2n) is 4.97. The van der Waals surface area contributed by atoms with Gasteiger partial charge in [0.1, 0.15) is 0 Å². The predicted octanol–water partition coefficient (Wildman–Crippen LogP) is 0.471. The molecule has 0 unspecified atom stereocenters. The van der Waals surface area contributed by atoms with E-state index in [2.05, 4.69) is 0 Å². The van der Waals surface area contributed by atoms with E-state index in [-0.39, 0.29) is 24.5 Å². The molecular weight excluding hydrogens is 222 g/mol. The standard InChI is InChI=1S/C12H19NO4/c14-7-6-13(8-4-5-8)11(15)9-2-1-3-10(9)12(16)17/h8-10,14H,1-7H2,(H,16,17)/t9-,10+/m1/s1. The molecule has 5 heteroatoms. The average molecular weight is 241 g/mol. The van der Waals surface area contributed by atoms with Gasteiger partial charge in [-0.05, 0) is 25.7 Å². The number of nitrogens with zero attached hydrogens (tertiary/aromatic N) is 1. The highest BCUT2D eigenvalue weighted by Gasteiger charge is 2.42. The van der Waals surface area contributed by atoms with Crippen molar-refractivity contribution in [3.05, 3.63) is 0 Å². The highest BCUT2D eigenvalue weighted by molar-refractivity contribution is 5.85. The molecule has 5 nitrogen and oxygen atoms in total. The number of rotatable bonds is 5. The largest absolute Gasteiger partial charge is 0.481 e. The first kappa shape index (κ1) is 12.4. The van der Waals surface area contributed by atoms with Crippen molar-refractivity contribution in [1.82, 2.24) is 4.90 Å². The number of carbonyl (C=O) groups is 2. The fraction of sp³-hybridized carbons (Fsp3) is 0.833. The van der Waals surface area contributed by atoms with Crippen molar-refractivity contribution in [3.63, 3.8) is 0 Å². The molecule has 96 valence electrons. The van der Waals surface area contributed by atoms with Crippen LogP contribution in [0.2, 0.25) is 0 Å². The molecule has 2 aliphatic rings. The van der Waals surface area contributed by atoms with E-state index in [0.717, 1.165) is 19.3 Å². The first-order valence-electron chi connectivity index (χ1n) is 6.29. The minimum atomic E-state index is -0.861. The molecule has 0 heterocycles. The summed E-state index contributed by atoms with van der Waals surface area (Å²) >= 11 is 0. The van der Waals surface area contributed by atoms with Crippen LogP contribution in [-0.4, -0.2) is 46.2 Å². The Labute approximate surface area is 100 Å². The van der Waals surface area contributed by atoms with Crippen LogP contribution in [0, 0.1) is 11.8 Å². The van der Waals surface area contributed by atoms with Crippen LogP contribution in [0.1, 0.15) is 32.1 Å². The van der Waals surface area contributed by atoms with Crippen LogP contribution in [0.25, 0.3) is 0 Å². The molecule has 2 rings (SSSR count). The molecule has 2 saturated carbocycles. The lowest BCUT2D eigenvalue weighted by molar-refractivity contribution is -0.149. The molecule has 2 atom stereocenters. The smallest absolute Gasteiger partial charge is 0.307 e. The van der Waals surface area contributed by atoms with Crippen molar-refractivity contribution < 1.29 is 19.8 Å². The third kappa shape index (κ3) is 2.60. The van der Waals surface area contributed by atoms with Crippen LogP contribution in [-0.2, 0) is 9.59 Å². The van der Waals surface area contributed by atoms with Crippen molar-refractivity contribution in [2.24, 2.45) is 11.8 Å². The Balaban J connectivity index is 2.03. The first-order valence-corrected chi connectivity index (χ1v) is 6.29. The highest BCUT2D eigenvalue weighted by atomic mass is 16.4. The molecule has 2 N–H and O–H groups in total. The number of aliphatic hydroxyl groups excluding tert-OH is 1. The average Bonchev–Trinajstić information content (AvgIpc) is 3.00. The van der Waals surface area contributed by atoms with Crippen LogP contribution in [0.15, 0.2) is 0 Å².